The number of nitrogens with zero attached hydrogens (tertiary/aromatic N) is 1. The summed E-state index contributed by atoms with van der Waals surface area (Å²) in [5.74, 6) is -0.919. The van der Waals surface area contributed by atoms with Gasteiger partial charge in [-0.2, -0.15) is 11.8 Å². The zero-order valence-corrected chi connectivity index (χ0v) is 8.67. The number of likely N-dealkylation sites (tertiary alicyclic amines) is 1. The molecule has 0 saturated carbocycles. The Morgan fingerprint density at radius 1 is 1.64 bits per heavy atom. The molecular formula is C8H12N2O3S. The van der Waals surface area contributed by atoms with Crippen molar-refractivity contribution in [1.29, 1.82) is 0 Å². The Labute approximate surface area is 86.0 Å². The molecule has 0 spiro atoms. The highest BCUT2D eigenvalue weighted by molar-refractivity contribution is 8.00. The first-order valence-electron chi connectivity index (χ1n) is 4.21. The number of carbonyl (C=O) groups is 3. The SMILES string of the molecule is CSC1CC(=O)N(CCC(N)=O)C1=O. The highest BCUT2D eigenvalue weighted by Gasteiger charge is 2.37. The molecule has 6 heteroatoms. The summed E-state index contributed by atoms with van der Waals surface area (Å²) < 4.78 is 0. The number of hydrogen-bond acceptors (Lipinski definition) is 4. The molecule has 0 aromatic carbocycles. The molecule has 3 amide bonds. The summed E-state index contributed by atoms with van der Waals surface area (Å²) in [7, 11) is 0. The molecule has 1 unspecified atom stereocenters. The van der Waals surface area contributed by atoms with Gasteiger partial charge in [0.15, 0.2) is 0 Å². The van der Waals surface area contributed by atoms with Gasteiger partial charge in [-0.1, -0.05) is 0 Å². The summed E-state index contributed by atoms with van der Waals surface area (Å²) in [4.78, 5) is 34.4. The van der Waals surface area contributed by atoms with E-state index < -0.39 is 5.91 Å². The summed E-state index contributed by atoms with van der Waals surface area (Å²) in [6.07, 6.45) is 2.06. The largest absolute Gasteiger partial charge is 0.370 e. The van der Waals surface area contributed by atoms with E-state index in [1.165, 1.54) is 11.8 Å². The van der Waals surface area contributed by atoms with Crippen LogP contribution in [0.15, 0.2) is 0 Å². The summed E-state index contributed by atoms with van der Waals surface area (Å²) in [5.41, 5.74) is 4.94. The summed E-state index contributed by atoms with van der Waals surface area (Å²) >= 11 is 1.35. The van der Waals surface area contributed by atoms with Crippen LogP contribution in [0.5, 0.6) is 0 Å². The van der Waals surface area contributed by atoms with Gasteiger partial charge in [0, 0.05) is 19.4 Å². The van der Waals surface area contributed by atoms with Crippen LogP contribution in [0.3, 0.4) is 0 Å². The van der Waals surface area contributed by atoms with Crippen molar-refractivity contribution >= 4 is 29.5 Å². The Kier molecular flexibility index (Phi) is 3.51. The van der Waals surface area contributed by atoms with Crippen molar-refractivity contribution in [3.63, 3.8) is 0 Å². The van der Waals surface area contributed by atoms with Gasteiger partial charge in [0.05, 0.1) is 5.25 Å². The molecular weight excluding hydrogens is 204 g/mol. The molecule has 1 aliphatic rings. The average molecular weight is 216 g/mol. The number of carbonyl (C=O) groups excluding carboxylic acids is 3. The van der Waals surface area contributed by atoms with E-state index in [-0.39, 0.29) is 36.5 Å². The second-order valence-electron chi connectivity index (χ2n) is 3.03. The van der Waals surface area contributed by atoms with Gasteiger partial charge >= 0.3 is 0 Å². The molecule has 0 aliphatic carbocycles. The second-order valence-corrected chi connectivity index (χ2v) is 4.07. The van der Waals surface area contributed by atoms with Crippen LogP contribution in [0, 0.1) is 0 Å². The van der Waals surface area contributed by atoms with Crippen molar-refractivity contribution in [1.82, 2.24) is 4.90 Å². The molecule has 1 fully saturated rings. The first kappa shape index (κ1) is 11.0. The van der Waals surface area contributed by atoms with Crippen LogP contribution in [0.4, 0.5) is 0 Å². The van der Waals surface area contributed by atoms with Crippen LogP contribution in [0.25, 0.3) is 0 Å². The predicted molar refractivity (Wildman–Crippen MR) is 52.5 cm³/mol. The Balaban J connectivity index is 2.56. The van der Waals surface area contributed by atoms with Crippen LogP contribution >= 0.6 is 11.8 Å². The number of nitrogens with two attached hydrogens (primary N) is 1. The smallest absolute Gasteiger partial charge is 0.242 e. The number of hydrogen-bond donors (Lipinski definition) is 1. The van der Waals surface area contributed by atoms with Crippen molar-refractivity contribution in [2.75, 3.05) is 12.8 Å². The fourth-order valence-electron chi connectivity index (χ4n) is 1.29. The van der Waals surface area contributed by atoms with E-state index in [0.29, 0.717) is 0 Å². The lowest BCUT2D eigenvalue weighted by Crippen LogP contribution is -2.34. The monoisotopic (exact) mass is 216 g/mol. The molecule has 1 saturated heterocycles. The normalized spacial score (nSPS) is 21.8. The van der Waals surface area contributed by atoms with E-state index in [4.69, 9.17) is 5.73 Å². The van der Waals surface area contributed by atoms with Gasteiger partial charge in [-0.15, -0.1) is 0 Å². The van der Waals surface area contributed by atoms with Crippen molar-refractivity contribution in [2.45, 2.75) is 18.1 Å². The lowest BCUT2D eigenvalue weighted by atomic mass is 10.4. The van der Waals surface area contributed by atoms with Gasteiger partial charge in [0.1, 0.15) is 0 Å². The minimum absolute atomic E-state index is 0.0403. The van der Waals surface area contributed by atoms with E-state index in [2.05, 4.69) is 0 Å². The number of rotatable bonds is 4. The van der Waals surface area contributed by atoms with E-state index in [1.54, 1.807) is 6.26 Å². The quantitative estimate of drug-likeness (QED) is 0.633. The van der Waals surface area contributed by atoms with Gasteiger partial charge in [0.2, 0.25) is 17.7 Å². The molecule has 1 rings (SSSR count). The molecule has 0 aromatic rings. The summed E-state index contributed by atoms with van der Waals surface area (Å²) in [6.45, 7) is 0.115. The maximum absolute atomic E-state index is 11.5. The van der Waals surface area contributed by atoms with Gasteiger partial charge < -0.3 is 5.73 Å². The standard InChI is InChI=1S/C8H12N2O3S/c1-14-5-4-7(12)10(8(5)13)3-2-6(9)11/h5H,2-4H2,1H3,(H2,9,11). The number of primary amides is 1. The van der Waals surface area contributed by atoms with E-state index in [0.717, 1.165) is 4.90 Å². The Morgan fingerprint density at radius 3 is 2.71 bits per heavy atom. The van der Waals surface area contributed by atoms with Crippen molar-refractivity contribution in [2.24, 2.45) is 5.73 Å². The maximum atomic E-state index is 11.5. The molecule has 1 heterocycles. The van der Waals surface area contributed by atoms with Gasteiger partial charge in [-0.3, -0.25) is 19.3 Å². The second kappa shape index (κ2) is 4.45. The van der Waals surface area contributed by atoms with Crippen LogP contribution in [0.2, 0.25) is 0 Å². The zero-order chi connectivity index (χ0) is 10.7. The molecule has 0 aromatic heterocycles. The van der Waals surface area contributed by atoms with E-state index in [9.17, 15) is 14.4 Å². The third kappa shape index (κ3) is 2.25. The lowest BCUT2D eigenvalue weighted by Gasteiger charge is -2.12. The van der Waals surface area contributed by atoms with Crippen molar-refractivity contribution in [3.05, 3.63) is 0 Å². The first-order valence-corrected chi connectivity index (χ1v) is 5.50. The lowest BCUT2D eigenvalue weighted by molar-refractivity contribution is -0.138. The Bertz CT molecular complexity index is 280. The average Bonchev–Trinajstić information content (AvgIpc) is 2.39. The van der Waals surface area contributed by atoms with Gasteiger partial charge in [0.25, 0.3) is 0 Å². The van der Waals surface area contributed by atoms with Crippen LogP contribution in [0.1, 0.15) is 12.8 Å². The first-order chi connectivity index (χ1) is 6.56. The number of amides is 3. The van der Waals surface area contributed by atoms with E-state index >= 15 is 0 Å². The molecule has 1 aliphatic heterocycles. The maximum Gasteiger partial charge on any atom is 0.242 e. The molecule has 2 N–H and O–H groups in total. The topological polar surface area (TPSA) is 80.5 Å². The number of imide groups is 1. The zero-order valence-electron chi connectivity index (χ0n) is 7.86. The van der Waals surface area contributed by atoms with Crippen molar-refractivity contribution < 1.29 is 14.4 Å². The molecule has 0 radical (unpaired) electrons. The highest BCUT2D eigenvalue weighted by Crippen LogP contribution is 2.22. The van der Waals surface area contributed by atoms with E-state index in [1.807, 2.05) is 0 Å². The van der Waals surface area contributed by atoms with Crippen molar-refractivity contribution in [3.8, 4) is 0 Å². The van der Waals surface area contributed by atoms with Gasteiger partial charge in [-0.25, -0.2) is 0 Å². The molecule has 78 valence electrons. The minimum Gasteiger partial charge on any atom is -0.370 e. The fraction of sp³-hybridized carbons (Fsp3) is 0.625. The number of thioether (sulfide) groups is 1. The Hall–Kier alpha value is -1.04. The third-order valence-corrected chi connectivity index (χ3v) is 3.01. The molecule has 5 nitrogen and oxygen atoms in total. The van der Waals surface area contributed by atoms with Crippen LogP contribution < -0.4 is 5.73 Å². The van der Waals surface area contributed by atoms with Crippen LogP contribution in [-0.4, -0.2) is 40.7 Å². The third-order valence-electron chi connectivity index (χ3n) is 2.07. The predicted octanol–water partition coefficient (Wildman–Crippen LogP) is -0.648. The molecule has 0 bridgehead atoms. The minimum atomic E-state index is -0.502. The fourth-order valence-corrected chi connectivity index (χ4v) is 1.93. The highest BCUT2D eigenvalue weighted by atomic mass is 32.2. The summed E-state index contributed by atoms with van der Waals surface area (Å²) in [5, 5.41) is -0.282. The molecule has 14 heavy (non-hydrogen) atoms. The van der Waals surface area contributed by atoms with Crippen LogP contribution in [-0.2, 0) is 14.4 Å². The molecule has 1 atom stereocenters. The Morgan fingerprint density at radius 2 is 2.29 bits per heavy atom. The van der Waals surface area contributed by atoms with Gasteiger partial charge in [-0.05, 0) is 6.26 Å². The summed E-state index contributed by atoms with van der Waals surface area (Å²) in [6, 6.07) is 0.